The van der Waals surface area contributed by atoms with E-state index in [0.29, 0.717) is 19.1 Å². The molecule has 1 aliphatic heterocycles. The van der Waals surface area contributed by atoms with Crippen LogP contribution in [0.25, 0.3) is 0 Å². The molecule has 0 radical (unpaired) electrons. The lowest BCUT2D eigenvalue weighted by atomic mass is 10.1. The van der Waals surface area contributed by atoms with Crippen molar-refractivity contribution in [1.82, 2.24) is 4.90 Å². The second-order valence-corrected chi connectivity index (χ2v) is 4.77. The minimum Gasteiger partial charge on any atom is -0.375 e. The number of nitrogens with zero attached hydrogens (tertiary/aromatic N) is 1. The minimum absolute atomic E-state index is 0. The second-order valence-electron chi connectivity index (χ2n) is 4.77. The number of amides is 1. The zero-order chi connectivity index (χ0) is 12.1. The average molecular weight is 265 g/mol. The highest BCUT2D eigenvalue weighted by molar-refractivity contribution is 5.85. The minimum atomic E-state index is 0. The summed E-state index contributed by atoms with van der Waals surface area (Å²) in [7, 11) is 1.82. The monoisotopic (exact) mass is 264 g/mol. The van der Waals surface area contributed by atoms with E-state index in [1.54, 1.807) is 4.90 Å². The second kappa shape index (κ2) is 7.90. The predicted molar refractivity (Wildman–Crippen MR) is 71.3 cm³/mol. The van der Waals surface area contributed by atoms with Gasteiger partial charge in [0, 0.05) is 26.1 Å². The molecule has 0 saturated carbocycles. The van der Waals surface area contributed by atoms with Crippen molar-refractivity contribution in [3.8, 4) is 0 Å². The van der Waals surface area contributed by atoms with Crippen LogP contribution in [0.1, 0.15) is 39.5 Å². The van der Waals surface area contributed by atoms with Gasteiger partial charge in [0.25, 0.3) is 0 Å². The standard InChI is InChI=1S/C12H24N2O2.ClH/c1-9(8-13)14(3)12(15)7-6-11-5-4-10(2)16-11;/h9-11H,4-8,13H2,1-3H3;1H. The van der Waals surface area contributed by atoms with Crippen LogP contribution in [0.15, 0.2) is 0 Å². The summed E-state index contributed by atoms with van der Waals surface area (Å²) in [5, 5.41) is 0. The van der Waals surface area contributed by atoms with E-state index in [0.717, 1.165) is 19.3 Å². The lowest BCUT2D eigenvalue weighted by Gasteiger charge is -2.24. The van der Waals surface area contributed by atoms with Crippen molar-refractivity contribution in [3.05, 3.63) is 0 Å². The molecule has 0 aromatic rings. The topological polar surface area (TPSA) is 55.6 Å². The highest BCUT2D eigenvalue weighted by Gasteiger charge is 2.23. The molecule has 1 aliphatic rings. The molecule has 0 aromatic heterocycles. The van der Waals surface area contributed by atoms with Gasteiger partial charge in [-0.2, -0.15) is 0 Å². The van der Waals surface area contributed by atoms with Crippen molar-refractivity contribution in [2.24, 2.45) is 5.73 Å². The van der Waals surface area contributed by atoms with E-state index < -0.39 is 0 Å². The molecule has 1 amide bonds. The van der Waals surface area contributed by atoms with Gasteiger partial charge in [-0.05, 0) is 33.1 Å². The Morgan fingerprint density at radius 1 is 1.53 bits per heavy atom. The zero-order valence-corrected chi connectivity index (χ0v) is 11.8. The Labute approximate surface area is 110 Å². The largest absolute Gasteiger partial charge is 0.375 e. The van der Waals surface area contributed by atoms with Gasteiger partial charge in [-0.3, -0.25) is 4.79 Å². The van der Waals surface area contributed by atoms with E-state index in [4.69, 9.17) is 10.5 Å². The quantitative estimate of drug-likeness (QED) is 0.820. The zero-order valence-electron chi connectivity index (χ0n) is 11.0. The summed E-state index contributed by atoms with van der Waals surface area (Å²) in [6, 6.07) is 0.121. The van der Waals surface area contributed by atoms with Gasteiger partial charge < -0.3 is 15.4 Å². The van der Waals surface area contributed by atoms with Crippen LogP contribution in [0.5, 0.6) is 0 Å². The summed E-state index contributed by atoms with van der Waals surface area (Å²) in [5.74, 6) is 0.168. The van der Waals surface area contributed by atoms with Crippen LogP contribution in [0, 0.1) is 0 Å². The van der Waals surface area contributed by atoms with Crippen LogP contribution in [0.2, 0.25) is 0 Å². The van der Waals surface area contributed by atoms with Crippen molar-refractivity contribution in [1.29, 1.82) is 0 Å². The van der Waals surface area contributed by atoms with Crippen LogP contribution in [-0.4, -0.2) is 42.6 Å². The Bertz CT molecular complexity index is 239. The van der Waals surface area contributed by atoms with Gasteiger partial charge in [0.15, 0.2) is 0 Å². The third kappa shape index (κ3) is 5.23. The number of hydrogen-bond donors (Lipinski definition) is 1. The first kappa shape index (κ1) is 16.7. The van der Waals surface area contributed by atoms with Crippen LogP contribution >= 0.6 is 12.4 Å². The first-order chi connectivity index (χ1) is 7.54. The van der Waals surface area contributed by atoms with Gasteiger partial charge in [-0.15, -0.1) is 12.4 Å². The molecule has 2 N–H and O–H groups in total. The Morgan fingerprint density at radius 2 is 2.18 bits per heavy atom. The number of carbonyl (C=O) groups excluding carboxylic acids is 1. The highest BCUT2D eigenvalue weighted by atomic mass is 35.5. The van der Waals surface area contributed by atoms with Crippen molar-refractivity contribution in [2.75, 3.05) is 13.6 Å². The lowest BCUT2D eigenvalue weighted by Crippen LogP contribution is -2.39. The molecule has 0 aliphatic carbocycles. The number of hydrogen-bond acceptors (Lipinski definition) is 3. The molecule has 3 unspecified atom stereocenters. The summed E-state index contributed by atoms with van der Waals surface area (Å²) < 4.78 is 5.68. The van der Waals surface area contributed by atoms with Gasteiger partial charge in [-0.25, -0.2) is 0 Å². The molecule has 0 spiro atoms. The molecular formula is C12H25ClN2O2. The molecule has 0 aromatic carbocycles. The van der Waals surface area contributed by atoms with Gasteiger partial charge in [0.05, 0.1) is 12.2 Å². The van der Waals surface area contributed by atoms with Crippen molar-refractivity contribution < 1.29 is 9.53 Å². The number of nitrogens with two attached hydrogens (primary N) is 1. The molecular weight excluding hydrogens is 240 g/mol. The number of carbonyl (C=O) groups is 1. The number of likely N-dealkylation sites (N-methyl/N-ethyl adjacent to an activating group) is 1. The summed E-state index contributed by atoms with van der Waals surface area (Å²) >= 11 is 0. The Hall–Kier alpha value is -0.320. The molecule has 1 saturated heterocycles. The third-order valence-electron chi connectivity index (χ3n) is 3.40. The lowest BCUT2D eigenvalue weighted by molar-refractivity contribution is -0.132. The highest BCUT2D eigenvalue weighted by Crippen LogP contribution is 2.22. The first-order valence-corrected chi connectivity index (χ1v) is 6.15. The molecule has 17 heavy (non-hydrogen) atoms. The van der Waals surface area contributed by atoms with E-state index in [9.17, 15) is 4.79 Å². The van der Waals surface area contributed by atoms with Gasteiger partial charge in [0.2, 0.25) is 5.91 Å². The fourth-order valence-corrected chi connectivity index (χ4v) is 1.96. The van der Waals surface area contributed by atoms with E-state index in [1.165, 1.54) is 0 Å². The van der Waals surface area contributed by atoms with Crippen molar-refractivity contribution in [2.45, 2.75) is 57.8 Å². The molecule has 102 valence electrons. The maximum absolute atomic E-state index is 11.8. The van der Waals surface area contributed by atoms with Crippen LogP contribution in [0.4, 0.5) is 0 Å². The molecule has 4 nitrogen and oxygen atoms in total. The summed E-state index contributed by atoms with van der Waals surface area (Å²) in [5.41, 5.74) is 5.53. The van der Waals surface area contributed by atoms with Crippen LogP contribution in [-0.2, 0) is 9.53 Å². The molecule has 1 rings (SSSR count). The number of ether oxygens (including phenoxy) is 1. The normalized spacial score (nSPS) is 25.2. The van der Waals surface area contributed by atoms with Gasteiger partial charge in [0.1, 0.15) is 0 Å². The number of halogens is 1. The molecule has 5 heteroatoms. The molecule has 3 atom stereocenters. The fraction of sp³-hybridized carbons (Fsp3) is 0.917. The van der Waals surface area contributed by atoms with Crippen molar-refractivity contribution >= 4 is 18.3 Å². The van der Waals surface area contributed by atoms with Gasteiger partial charge >= 0.3 is 0 Å². The molecule has 1 fully saturated rings. The first-order valence-electron chi connectivity index (χ1n) is 6.15. The molecule has 0 bridgehead atoms. The fourth-order valence-electron chi connectivity index (χ4n) is 1.96. The average Bonchev–Trinajstić information content (AvgIpc) is 2.69. The van der Waals surface area contributed by atoms with Gasteiger partial charge in [-0.1, -0.05) is 0 Å². The van der Waals surface area contributed by atoms with Crippen molar-refractivity contribution in [3.63, 3.8) is 0 Å². The maximum Gasteiger partial charge on any atom is 0.222 e. The Balaban J connectivity index is 0.00000256. The Morgan fingerprint density at radius 3 is 2.65 bits per heavy atom. The van der Waals surface area contributed by atoms with Crippen LogP contribution in [0.3, 0.4) is 0 Å². The maximum atomic E-state index is 11.8. The SMILES string of the molecule is CC1CCC(CCC(=O)N(C)C(C)CN)O1.Cl. The summed E-state index contributed by atoms with van der Waals surface area (Å²) in [6.45, 7) is 4.57. The van der Waals surface area contributed by atoms with E-state index >= 15 is 0 Å². The Kier molecular flexibility index (Phi) is 7.75. The predicted octanol–water partition coefficient (Wildman–Crippen LogP) is 1.56. The summed E-state index contributed by atoms with van der Waals surface area (Å²) in [6.07, 6.45) is 4.25. The van der Waals surface area contributed by atoms with E-state index in [2.05, 4.69) is 6.92 Å². The smallest absolute Gasteiger partial charge is 0.222 e. The van der Waals surface area contributed by atoms with E-state index in [-0.39, 0.29) is 30.5 Å². The molecule has 1 heterocycles. The number of rotatable bonds is 5. The van der Waals surface area contributed by atoms with Crippen LogP contribution < -0.4 is 5.73 Å². The third-order valence-corrected chi connectivity index (χ3v) is 3.40. The van der Waals surface area contributed by atoms with E-state index in [1.807, 2.05) is 14.0 Å². The summed E-state index contributed by atoms with van der Waals surface area (Å²) in [4.78, 5) is 13.5.